The third-order valence-corrected chi connectivity index (χ3v) is 6.38. The first kappa shape index (κ1) is 24.5. The quantitative estimate of drug-likeness (QED) is 0.677. The van der Waals surface area contributed by atoms with Crippen molar-refractivity contribution in [1.29, 1.82) is 0 Å². The number of anilines is 1. The minimum Gasteiger partial charge on any atom is -0.485 e. The first-order valence-electron chi connectivity index (χ1n) is 11.8. The van der Waals surface area contributed by atoms with Gasteiger partial charge in [-0.2, -0.15) is 0 Å². The van der Waals surface area contributed by atoms with Gasteiger partial charge in [0.15, 0.2) is 11.5 Å². The predicted molar refractivity (Wildman–Crippen MR) is 132 cm³/mol. The van der Waals surface area contributed by atoms with Crippen LogP contribution in [0.2, 0.25) is 0 Å². The number of likely N-dealkylation sites (N-methyl/N-ethyl adjacent to an activating group) is 1. The summed E-state index contributed by atoms with van der Waals surface area (Å²) in [5.74, 6) is 0.746. The smallest absolute Gasteiger partial charge is 0.267 e. The molecule has 0 radical (unpaired) electrons. The zero-order chi connectivity index (χ0) is 24.9. The summed E-state index contributed by atoms with van der Waals surface area (Å²) in [5.41, 5.74) is 2.75. The first-order valence-corrected chi connectivity index (χ1v) is 11.8. The lowest BCUT2D eigenvalue weighted by atomic mass is 10.1. The number of nitrogens with one attached hydrogen (secondary N) is 1. The van der Waals surface area contributed by atoms with Crippen LogP contribution in [-0.2, 0) is 14.4 Å². The molecule has 4 rings (SSSR count). The normalized spacial score (nSPS) is 17.6. The third kappa shape index (κ3) is 5.92. The number of carbonyl (C=O) groups is 3. The van der Waals surface area contributed by atoms with Gasteiger partial charge in [-0.1, -0.05) is 30.3 Å². The molecule has 9 heteroatoms. The summed E-state index contributed by atoms with van der Waals surface area (Å²) >= 11 is 0. The molecule has 35 heavy (non-hydrogen) atoms. The molecule has 1 atom stereocenters. The molecule has 2 aromatic rings. The zero-order valence-corrected chi connectivity index (χ0v) is 20.5. The van der Waals surface area contributed by atoms with Crippen molar-refractivity contribution in [2.45, 2.75) is 20.0 Å². The lowest BCUT2D eigenvalue weighted by molar-refractivity contribution is -0.143. The second-order valence-corrected chi connectivity index (χ2v) is 9.03. The molecular weight excluding hydrogens is 448 g/mol. The topological polar surface area (TPSA) is 91.4 Å². The van der Waals surface area contributed by atoms with E-state index < -0.39 is 6.10 Å². The van der Waals surface area contributed by atoms with Gasteiger partial charge in [0.2, 0.25) is 17.9 Å². The average Bonchev–Trinajstić information content (AvgIpc) is 2.86. The highest BCUT2D eigenvalue weighted by Crippen LogP contribution is 2.31. The average molecular weight is 481 g/mol. The van der Waals surface area contributed by atoms with Crippen molar-refractivity contribution in [2.75, 3.05) is 58.2 Å². The molecule has 3 amide bonds. The molecule has 0 aliphatic carbocycles. The van der Waals surface area contributed by atoms with E-state index in [1.54, 1.807) is 18.0 Å². The fourth-order valence-electron chi connectivity index (χ4n) is 4.28. The number of amides is 3. The molecule has 0 aromatic heterocycles. The van der Waals surface area contributed by atoms with Crippen molar-refractivity contribution in [1.82, 2.24) is 14.7 Å². The van der Waals surface area contributed by atoms with Crippen molar-refractivity contribution < 1.29 is 23.9 Å². The van der Waals surface area contributed by atoms with Crippen LogP contribution < -0.4 is 14.8 Å². The van der Waals surface area contributed by atoms with Crippen LogP contribution in [0.3, 0.4) is 0 Å². The molecule has 1 unspecified atom stereocenters. The summed E-state index contributed by atoms with van der Waals surface area (Å²) in [6.07, 6.45) is -0.667. The summed E-state index contributed by atoms with van der Waals surface area (Å²) in [6.45, 7) is 6.39. The maximum Gasteiger partial charge on any atom is 0.267 e. The van der Waals surface area contributed by atoms with E-state index in [1.165, 1.54) is 4.90 Å². The summed E-state index contributed by atoms with van der Waals surface area (Å²) in [7, 11) is 1.63. The van der Waals surface area contributed by atoms with Crippen molar-refractivity contribution in [3.8, 4) is 11.5 Å². The lowest BCUT2D eigenvalue weighted by Gasteiger charge is -2.37. The lowest BCUT2D eigenvalue weighted by Crippen LogP contribution is -2.55. The molecule has 1 N–H and O–H groups in total. The fraction of sp³-hybridized carbons (Fsp3) is 0.423. The maximum absolute atomic E-state index is 12.9. The van der Waals surface area contributed by atoms with Gasteiger partial charge in [0.1, 0.15) is 6.61 Å². The summed E-state index contributed by atoms with van der Waals surface area (Å²) in [5, 5.41) is 2.91. The van der Waals surface area contributed by atoms with E-state index in [1.807, 2.05) is 55.1 Å². The molecule has 0 bridgehead atoms. The van der Waals surface area contributed by atoms with Gasteiger partial charge in [0.25, 0.3) is 5.91 Å². The van der Waals surface area contributed by atoms with Crippen molar-refractivity contribution in [3.63, 3.8) is 0 Å². The Balaban J connectivity index is 1.21. The van der Waals surface area contributed by atoms with Crippen LogP contribution in [0, 0.1) is 13.8 Å². The first-order chi connectivity index (χ1) is 16.8. The molecule has 1 fully saturated rings. The van der Waals surface area contributed by atoms with Crippen LogP contribution in [0.25, 0.3) is 0 Å². The van der Waals surface area contributed by atoms with Crippen molar-refractivity contribution in [3.05, 3.63) is 53.6 Å². The number of hydrogen-bond acceptors (Lipinski definition) is 6. The molecule has 9 nitrogen and oxygen atoms in total. The van der Waals surface area contributed by atoms with E-state index in [0.29, 0.717) is 37.7 Å². The second kappa shape index (κ2) is 10.8. The summed E-state index contributed by atoms with van der Waals surface area (Å²) in [6, 6.07) is 13.1. The number of piperazine rings is 1. The van der Waals surface area contributed by atoms with Crippen LogP contribution in [0.1, 0.15) is 11.1 Å². The Morgan fingerprint density at radius 3 is 2.31 bits per heavy atom. The molecule has 2 aromatic carbocycles. The van der Waals surface area contributed by atoms with Crippen LogP contribution in [0.15, 0.2) is 42.5 Å². The monoisotopic (exact) mass is 480 g/mol. The minimum atomic E-state index is -0.667. The maximum atomic E-state index is 12.9. The van der Waals surface area contributed by atoms with E-state index in [2.05, 4.69) is 5.32 Å². The molecule has 186 valence electrons. The second-order valence-electron chi connectivity index (χ2n) is 9.03. The molecule has 2 heterocycles. The van der Waals surface area contributed by atoms with E-state index in [4.69, 9.17) is 9.47 Å². The molecule has 0 saturated carbocycles. The Hall–Kier alpha value is -3.59. The largest absolute Gasteiger partial charge is 0.485 e. The Labute approximate surface area is 205 Å². The van der Waals surface area contributed by atoms with E-state index in [0.717, 1.165) is 16.8 Å². The highest BCUT2D eigenvalue weighted by molar-refractivity contribution is 5.95. The molecule has 2 aliphatic heterocycles. The molecule has 1 saturated heterocycles. The number of carbonyl (C=O) groups excluding carboxylic acids is 3. The minimum absolute atomic E-state index is 0.0223. The van der Waals surface area contributed by atoms with Gasteiger partial charge in [-0.15, -0.1) is 0 Å². The fourth-order valence-corrected chi connectivity index (χ4v) is 4.28. The Morgan fingerprint density at radius 1 is 0.971 bits per heavy atom. The number of aryl methyl sites for hydroxylation is 2. The van der Waals surface area contributed by atoms with E-state index >= 15 is 0 Å². The Morgan fingerprint density at radius 2 is 1.63 bits per heavy atom. The van der Waals surface area contributed by atoms with Crippen LogP contribution in [0.5, 0.6) is 11.5 Å². The van der Waals surface area contributed by atoms with Gasteiger partial charge in [0.05, 0.1) is 13.1 Å². The third-order valence-electron chi connectivity index (χ3n) is 6.38. The van der Waals surface area contributed by atoms with Gasteiger partial charge in [-0.25, -0.2) is 0 Å². The Bertz CT molecular complexity index is 1080. The van der Waals surface area contributed by atoms with Gasteiger partial charge in [-0.05, 0) is 37.1 Å². The predicted octanol–water partition coefficient (Wildman–Crippen LogP) is 1.68. The van der Waals surface area contributed by atoms with E-state index in [-0.39, 0.29) is 37.4 Å². The number of rotatable bonds is 6. The highest BCUT2D eigenvalue weighted by atomic mass is 16.6. The van der Waals surface area contributed by atoms with Gasteiger partial charge < -0.3 is 24.6 Å². The van der Waals surface area contributed by atoms with Crippen LogP contribution >= 0.6 is 0 Å². The van der Waals surface area contributed by atoms with Crippen LogP contribution in [0.4, 0.5) is 5.69 Å². The number of hydrogen-bond donors (Lipinski definition) is 1. The molecule has 0 spiro atoms. The summed E-state index contributed by atoms with van der Waals surface area (Å²) in [4.78, 5) is 43.3. The van der Waals surface area contributed by atoms with Crippen molar-refractivity contribution in [2.24, 2.45) is 0 Å². The Kier molecular flexibility index (Phi) is 7.55. The van der Waals surface area contributed by atoms with Crippen molar-refractivity contribution >= 4 is 23.4 Å². The number of nitrogens with zero attached hydrogens (tertiary/aromatic N) is 3. The summed E-state index contributed by atoms with van der Waals surface area (Å²) < 4.78 is 11.5. The number of para-hydroxylation sites is 3. The van der Waals surface area contributed by atoms with Gasteiger partial charge >= 0.3 is 0 Å². The number of fused-ring (bicyclic) bond motifs is 1. The standard InChI is InChI=1S/C26H32N4O5/c1-18-7-6-8-19(2)25(18)27-23(31)15-28(3)24(32)16-29-11-13-30(14-12-29)26(33)22-17-34-20-9-4-5-10-21(20)35-22/h4-10,22H,11-17H2,1-3H3,(H,27,31). The molecular formula is C26H32N4O5. The highest BCUT2D eigenvalue weighted by Gasteiger charge is 2.33. The number of ether oxygens (including phenoxy) is 2. The van der Waals surface area contributed by atoms with Crippen LogP contribution in [-0.4, -0.2) is 91.4 Å². The number of benzene rings is 2. The molecule has 2 aliphatic rings. The SMILES string of the molecule is Cc1cccc(C)c1NC(=O)CN(C)C(=O)CN1CCN(C(=O)C2COc3ccccc3O2)CC1. The zero-order valence-electron chi connectivity index (χ0n) is 20.5. The van der Waals surface area contributed by atoms with Gasteiger partial charge in [-0.3, -0.25) is 19.3 Å². The van der Waals surface area contributed by atoms with E-state index in [9.17, 15) is 14.4 Å². The van der Waals surface area contributed by atoms with Gasteiger partial charge in [0, 0.05) is 38.9 Å².